The van der Waals surface area contributed by atoms with Crippen LogP contribution in [0.2, 0.25) is 0 Å². The monoisotopic (exact) mass is 429 g/mol. The van der Waals surface area contributed by atoms with E-state index < -0.39 is 11.9 Å². The average molecular weight is 429 g/mol. The molecule has 2 aliphatic rings. The lowest BCUT2D eigenvalue weighted by atomic mass is 10.0. The smallest absolute Gasteiger partial charge is 0.337 e. The zero-order chi connectivity index (χ0) is 22.3. The molecule has 1 amide bonds. The van der Waals surface area contributed by atoms with Gasteiger partial charge in [-0.05, 0) is 54.5 Å². The Kier molecular flexibility index (Phi) is 6.51. The molecule has 0 atom stereocenters. The van der Waals surface area contributed by atoms with Gasteiger partial charge in [0.05, 0.1) is 11.3 Å². The van der Waals surface area contributed by atoms with Crippen molar-refractivity contribution in [1.29, 1.82) is 0 Å². The Morgan fingerprint density at radius 2 is 1.81 bits per heavy atom. The van der Waals surface area contributed by atoms with Crippen LogP contribution in [0.1, 0.15) is 34.3 Å². The minimum atomic E-state index is -1.12. The number of allylic oxidation sites excluding steroid dienone is 4. The van der Waals surface area contributed by atoms with Gasteiger partial charge in [-0.1, -0.05) is 54.6 Å². The summed E-state index contributed by atoms with van der Waals surface area (Å²) in [5.74, 6) is -1.27. The number of amides is 1. The fourth-order valence-corrected chi connectivity index (χ4v) is 3.53. The fourth-order valence-electron chi connectivity index (χ4n) is 3.53. The number of carbonyl (C=O) groups is 2. The zero-order valence-corrected chi connectivity index (χ0v) is 17.4. The summed E-state index contributed by atoms with van der Waals surface area (Å²) in [5, 5.41) is 12.2. The highest BCUT2D eigenvalue weighted by Crippen LogP contribution is 2.27. The first-order valence-electron chi connectivity index (χ1n) is 10.4. The molecule has 1 aliphatic carbocycles. The molecule has 6 nitrogen and oxygen atoms in total. The Labute approximate surface area is 186 Å². The highest BCUT2D eigenvalue weighted by Gasteiger charge is 2.22. The van der Waals surface area contributed by atoms with E-state index in [1.54, 1.807) is 12.1 Å². The van der Waals surface area contributed by atoms with E-state index >= 15 is 0 Å². The van der Waals surface area contributed by atoms with Crippen LogP contribution in [-0.4, -0.2) is 17.0 Å². The predicted octanol–water partition coefficient (Wildman–Crippen LogP) is 5.11. The summed E-state index contributed by atoms with van der Waals surface area (Å²) in [6.07, 6.45) is 11.7. The SMILES string of the molecule is O=C(Nc1cc(CCc2ccccc2)ccc1C(=O)O)C1=COC=C(C2=CC=CCC2)O1. The van der Waals surface area contributed by atoms with Crippen LogP contribution in [0.5, 0.6) is 0 Å². The number of hydrogen-bond donors (Lipinski definition) is 2. The topological polar surface area (TPSA) is 84.9 Å². The zero-order valence-electron chi connectivity index (χ0n) is 17.4. The van der Waals surface area contributed by atoms with Crippen LogP contribution < -0.4 is 5.32 Å². The third-order valence-electron chi connectivity index (χ3n) is 5.23. The molecule has 0 saturated carbocycles. The van der Waals surface area contributed by atoms with Gasteiger partial charge in [0.25, 0.3) is 5.91 Å². The molecule has 2 N–H and O–H groups in total. The molecule has 162 valence electrons. The van der Waals surface area contributed by atoms with Gasteiger partial charge in [-0.15, -0.1) is 0 Å². The van der Waals surface area contributed by atoms with E-state index in [0.717, 1.165) is 30.4 Å². The van der Waals surface area contributed by atoms with Crippen molar-refractivity contribution in [2.75, 3.05) is 5.32 Å². The van der Waals surface area contributed by atoms with Crippen LogP contribution in [-0.2, 0) is 27.1 Å². The second kappa shape index (κ2) is 9.83. The molecule has 32 heavy (non-hydrogen) atoms. The number of carboxylic acid groups (broad SMARTS) is 1. The van der Waals surface area contributed by atoms with Gasteiger partial charge in [0.2, 0.25) is 5.76 Å². The number of aromatic carboxylic acids is 1. The lowest BCUT2D eigenvalue weighted by Gasteiger charge is -2.19. The van der Waals surface area contributed by atoms with Gasteiger partial charge in [-0.25, -0.2) is 4.79 Å². The largest absolute Gasteiger partial charge is 0.478 e. The minimum Gasteiger partial charge on any atom is -0.478 e. The van der Waals surface area contributed by atoms with Crippen LogP contribution in [0, 0.1) is 0 Å². The number of carboxylic acids is 1. The molecule has 1 heterocycles. The van der Waals surface area contributed by atoms with Gasteiger partial charge in [0.15, 0.2) is 5.76 Å². The van der Waals surface area contributed by atoms with E-state index in [9.17, 15) is 14.7 Å². The highest BCUT2D eigenvalue weighted by molar-refractivity contribution is 6.06. The van der Waals surface area contributed by atoms with Crippen LogP contribution in [0.25, 0.3) is 0 Å². The number of benzene rings is 2. The molecule has 0 fully saturated rings. The van der Waals surface area contributed by atoms with Gasteiger partial charge in [-0.3, -0.25) is 4.79 Å². The number of carbonyl (C=O) groups excluding carboxylic acids is 1. The third kappa shape index (κ3) is 5.16. The van der Waals surface area contributed by atoms with Gasteiger partial charge >= 0.3 is 5.97 Å². The van der Waals surface area contributed by atoms with Crippen LogP contribution in [0.4, 0.5) is 5.69 Å². The van der Waals surface area contributed by atoms with Crippen LogP contribution in [0.3, 0.4) is 0 Å². The quantitative estimate of drug-likeness (QED) is 0.639. The fraction of sp³-hybridized carbons (Fsp3) is 0.154. The van der Waals surface area contributed by atoms with Gasteiger partial charge in [0, 0.05) is 0 Å². The second-order valence-corrected chi connectivity index (χ2v) is 7.49. The number of nitrogens with one attached hydrogen (secondary N) is 1. The van der Waals surface area contributed by atoms with E-state index in [2.05, 4.69) is 11.4 Å². The predicted molar refractivity (Wildman–Crippen MR) is 121 cm³/mol. The first-order chi connectivity index (χ1) is 15.6. The molecular weight excluding hydrogens is 406 g/mol. The Morgan fingerprint density at radius 3 is 2.56 bits per heavy atom. The third-order valence-corrected chi connectivity index (χ3v) is 5.23. The van der Waals surface area contributed by atoms with E-state index in [1.807, 2.05) is 42.5 Å². The average Bonchev–Trinajstić information content (AvgIpc) is 2.84. The summed E-state index contributed by atoms with van der Waals surface area (Å²) in [6.45, 7) is 0. The number of hydrogen-bond acceptors (Lipinski definition) is 4. The molecular formula is C26H23NO5. The molecule has 6 heteroatoms. The first kappa shape index (κ1) is 21.2. The molecule has 0 aromatic heterocycles. The van der Waals surface area contributed by atoms with Crippen molar-refractivity contribution in [2.24, 2.45) is 0 Å². The molecule has 0 radical (unpaired) electrons. The molecule has 2 aromatic rings. The van der Waals surface area contributed by atoms with Crippen molar-refractivity contribution in [3.8, 4) is 0 Å². The lowest BCUT2D eigenvalue weighted by molar-refractivity contribution is -0.115. The molecule has 4 rings (SSSR count). The summed E-state index contributed by atoms with van der Waals surface area (Å²) in [7, 11) is 0. The van der Waals surface area contributed by atoms with Crippen molar-refractivity contribution < 1.29 is 24.2 Å². The van der Waals surface area contributed by atoms with Crippen LogP contribution in [0.15, 0.2) is 96.4 Å². The summed E-state index contributed by atoms with van der Waals surface area (Å²) in [5.41, 5.74) is 3.26. The van der Waals surface area contributed by atoms with Crippen molar-refractivity contribution in [3.63, 3.8) is 0 Å². The molecule has 0 spiro atoms. The number of rotatable bonds is 7. The number of aryl methyl sites for hydroxylation is 2. The second-order valence-electron chi connectivity index (χ2n) is 7.49. The summed E-state index contributed by atoms with van der Waals surface area (Å²) in [6, 6.07) is 15.0. The maximum atomic E-state index is 12.8. The van der Waals surface area contributed by atoms with Crippen molar-refractivity contribution in [2.45, 2.75) is 25.7 Å². The normalized spacial score (nSPS) is 14.9. The van der Waals surface area contributed by atoms with Gasteiger partial charge in [-0.2, -0.15) is 0 Å². The Hall–Kier alpha value is -4.06. The molecule has 1 aliphatic heterocycles. The van der Waals surface area contributed by atoms with E-state index in [4.69, 9.17) is 9.47 Å². The maximum absolute atomic E-state index is 12.8. The van der Waals surface area contributed by atoms with E-state index in [1.165, 1.54) is 24.2 Å². The summed E-state index contributed by atoms with van der Waals surface area (Å²) >= 11 is 0. The molecule has 0 unspecified atom stereocenters. The van der Waals surface area contributed by atoms with Crippen molar-refractivity contribution in [1.82, 2.24) is 0 Å². The van der Waals surface area contributed by atoms with Crippen molar-refractivity contribution >= 4 is 17.6 Å². The van der Waals surface area contributed by atoms with E-state index in [0.29, 0.717) is 12.2 Å². The molecule has 2 aromatic carbocycles. The molecule has 0 saturated heterocycles. The standard InChI is InChI=1S/C26H23NO5/c28-25(24-17-31-16-23(32-24)20-9-5-2-6-10-20)27-22-15-19(13-14-21(22)26(29)30)12-11-18-7-3-1-4-8-18/h1-5,7-9,13-17H,6,10-12H2,(H,27,28)(H,29,30). The number of ether oxygens (including phenoxy) is 2. The minimum absolute atomic E-state index is 0.00929. The van der Waals surface area contributed by atoms with Gasteiger partial charge < -0.3 is 19.9 Å². The first-order valence-corrected chi connectivity index (χ1v) is 10.4. The maximum Gasteiger partial charge on any atom is 0.337 e. The van der Waals surface area contributed by atoms with E-state index in [-0.39, 0.29) is 17.0 Å². The summed E-state index contributed by atoms with van der Waals surface area (Å²) in [4.78, 5) is 24.5. The summed E-state index contributed by atoms with van der Waals surface area (Å²) < 4.78 is 11.0. The molecule has 0 bridgehead atoms. The Bertz CT molecular complexity index is 1140. The van der Waals surface area contributed by atoms with Gasteiger partial charge in [0.1, 0.15) is 12.5 Å². The Morgan fingerprint density at radius 1 is 1.00 bits per heavy atom. The highest BCUT2D eigenvalue weighted by atomic mass is 16.5. The lowest BCUT2D eigenvalue weighted by Crippen LogP contribution is -2.20. The van der Waals surface area contributed by atoms with Crippen LogP contribution >= 0.6 is 0 Å². The van der Waals surface area contributed by atoms with Crippen molar-refractivity contribution in [3.05, 3.63) is 113 Å². The number of anilines is 1. The Balaban J connectivity index is 1.47.